The molecule has 21 heavy (non-hydrogen) atoms. The molecule has 0 saturated heterocycles. The van der Waals surface area contributed by atoms with Crippen LogP contribution in [0.1, 0.15) is 50.0 Å². The summed E-state index contributed by atoms with van der Waals surface area (Å²) in [5.41, 5.74) is 1.50. The minimum atomic E-state index is -0.723. The normalized spacial score (nSPS) is 18.0. The van der Waals surface area contributed by atoms with Crippen molar-refractivity contribution >= 4 is 11.6 Å². The van der Waals surface area contributed by atoms with Gasteiger partial charge in [-0.15, -0.1) is 10.2 Å². The number of carboxylic acids is 1. The van der Waals surface area contributed by atoms with E-state index in [4.69, 9.17) is 0 Å². The number of carbonyl (C=O) groups is 1. The molecular weight excluding hydrogens is 268 g/mol. The van der Waals surface area contributed by atoms with E-state index >= 15 is 0 Å². The van der Waals surface area contributed by atoms with Gasteiger partial charge in [-0.2, -0.15) is 0 Å². The van der Waals surface area contributed by atoms with Gasteiger partial charge in [-0.1, -0.05) is 19.3 Å². The summed E-state index contributed by atoms with van der Waals surface area (Å²) in [6, 6.07) is 1.89. The lowest BCUT2D eigenvalue weighted by Gasteiger charge is -2.35. The van der Waals surface area contributed by atoms with Crippen molar-refractivity contribution in [2.75, 3.05) is 0 Å². The Bertz CT molecular complexity index is 659. The first-order valence-corrected chi connectivity index (χ1v) is 7.46. The molecule has 0 aromatic carbocycles. The average Bonchev–Trinajstić information content (AvgIpc) is 2.81. The largest absolute Gasteiger partial charge is 0.481 e. The van der Waals surface area contributed by atoms with Crippen LogP contribution in [0.15, 0.2) is 12.4 Å². The Morgan fingerprint density at radius 1 is 1.33 bits per heavy atom. The van der Waals surface area contributed by atoms with Gasteiger partial charge in [0, 0.05) is 18.2 Å². The molecule has 6 nitrogen and oxygen atoms in total. The van der Waals surface area contributed by atoms with E-state index in [1.807, 2.05) is 17.4 Å². The summed E-state index contributed by atoms with van der Waals surface area (Å²) in [5.74, 6) is 0.0975. The quantitative estimate of drug-likeness (QED) is 0.934. The summed E-state index contributed by atoms with van der Waals surface area (Å²) in [6.07, 6.45) is 7.90. The van der Waals surface area contributed by atoms with Crippen LogP contribution in [0.5, 0.6) is 0 Å². The van der Waals surface area contributed by atoms with E-state index in [0.29, 0.717) is 6.42 Å². The van der Waals surface area contributed by atoms with Gasteiger partial charge in [-0.25, -0.2) is 4.98 Å². The van der Waals surface area contributed by atoms with Gasteiger partial charge in [-0.05, 0) is 25.2 Å². The molecule has 2 aromatic heterocycles. The Balaban J connectivity index is 1.92. The summed E-state index contributed by atoms with van der Waals surface area (Å²) >= 11 is 0. The Kier molecular flexibility index (Phi) is 3.61. The minimum absolute atomic E-state index is 0.183. The van der Waals surface area contributed by atoms with Crippen molar-refractivity contribution in [2.24, 2.45) is 5.41 Å². The van der Waals surface area contributed by atoms with E-state index in [9.17, 15) is 9.90 Å². The summed E-state index contributed by atoms with van der Waals surface area (Å²) in [7, 11) is 0. The summed E-state index contributed by atoms with van der Waals surface area (Å²) in [5, 5.41) is 17.7. The maximum Gasteiger partial charge on any atom is 0.303 e. The third-order valence-corrected chi connectivity index (χ3v) is 4.48. The van der Waals surface area contributed by atoms with Crippen LogP contribution >= 0.6 is 0 Å². The van der Waals surface area contributed by atoms with Gasteiger partial charge in [0.1, 0.15) is 12.2 Å². The molecule has 112 valence electrons. The lowest BCUT2D eigenvalue weighted by atomic mass is 9.69. The molecule has 0 aliphatic heterocycles. The number of nitrogens with zero attached hydrogens (tertiary/aromatic N) is 4. The highest BCUT2D eigenvalue weighted by atomic mass is 16.4. The second kappa shape index (κ2) is 5.42. The zero-order valence-electron chi connectivity index (χ0n) is 12.2. The number of fused-ring (bicyclic) bond motifs is 1. The Hall–Kier alpha value is -1.98. The number of aliphatic carboxylic acids is 1. The van der Waals surface area contributed by atoms with Crippen LogP contribution in [0.4, 0.5) is 0 Å². The van der Waals surface area contributed by atoms with Gasteiger partial charge in [0.05, 0.1) is 6.42 Å². The molecule has 0 unspecified atom stereocenters. The van der Waals surface area contributed by atoms with E-state index in [1.165, 1.54) is 6.42 Å². The van der Waals surface area contributed by atoms with E-state index < -0.39 is 5.97 Å². The van der Waals surface area contributed by atoms with E-state index in [-0.39, 0.29) is 11.8 Å². The van der Waals surface area contributed by atoms with E-state index in [0.717, 1.165) is 42.8 Å². The first-order valence-electron chi connectivity index (χ1n) is 7.46. The molecule has 0 radical (unpaired) electrons. The minimum Gasteiger partial charge on any atom is -0.481 e. The molecule has 1 aliphatic carbocycles. The van der Waals surface area contributed by atoms with E-state index in [2.05, 4.69) is 15.2 Å². The smallest absolute Gasteiger partial charge is 0.303 e. The maximum absolute atomic E-state index is 11.3. The number of hydrogen-bond donors (Lipinski definition) is 1. The van der Waals surface area contributed by atoms with Gasteiger partial charge in [0.15, 0.2) is 5.65 Å². The number of hydrogen-bond acceptors (Lipinski definition) is 4. The fourth-order valence-electron chi connectivity index (χ4n) is 3.43. The van der Waals surface area contributed by atoms with Crippen molar-refractivity contribution < 1.29 is 9.90 Å². The van der Waals surface area contributed by atoms with Crippen molar-refractivity contribution in [1.82, 2.24) is 19.6 Å². The Labute approximate surface area is 123 Å². The molecule has 1 fully saturated rings. The van der Waals surface area contributed by atoms with Crippen molar-refractivity contribution in [1.29, 1.82) is 0 Å². The summed E-state index contributed by atoms with van der Waals surface area (Å²) in [4.78, 5) is 15.5. The van der Waals surface area contributed by atoms with Crippen LogP contribution in [0, 0.1) is 12.3 Å². The highest BCUT2D eigenvalue weighted by Gasteiger charge is 2.36. The fourth-order valence-corrected chi connectivity index (χ4v) is 3.43. The van der Waals surface area contributed by atoms with Crippen molar-refractivity contribution in [3.05, 3.63) is 23.9 Å². The zero-order valence-corrected chi connectivity index (χ0v) is 12.2. The van der Waals surface area contributed by atoms with Crippen LogP contribution in [0.25, 0.3) is 5.65 Å². The first kappa shape index (κ1) is 14.0. The molecule has 2 aromatic rings. The van der Waals surface area contributed by atoms with Gasteiger partial charge in [0.2, 0.25) is 0 Å². The third-order valence-electron chi connectivity index (χ3n) is 4.48. The van der Waals surface area contributed by atoms with Gasteiger partial charge >= 0.3 is 5.97 Å². The van der Waals surface area contributed by atoms with Crippen molar-refractivity contribution in [3.63, 3.8) is 0 Å². The molecule has 0 spiro atoms. The first-order chi connectivity index (χ1) is 10.1. The van der Waals surface area contributed by atoms with Gasteiger partial charge in [-0.3, -0.25) is 9.20 Å². The molecule has 0 amide bonds. The SMILES string of the molecule is Cc1cc2nnc(CC3(CC(=O)O)CCCCC3)n2cn1. The topological polar surface area (TPSA) is 80.4 Å². The number of aryl methyl sites for hydroxylation is 1. The highest BCUT2D eigenvalue weighted by Crippen LogP contribution is 2.41. The molecule has 2 heterocycles. The molecule has 3 rings (SSSR count). The summed E-state index contributed by atoms with van der Waals surface area (Å²) < 4.78 is 1.88. The molecule has 1 aliphatic rings. The predicted octanol–water partition coefficient (Wildman–Crippen LogP) is 2.40. The van der Waals surface area contributed by atoms with Crippen LogP contribution in [-0.2, 0) is 11.2 Å². The van der Waals surface area contributed by atoms with Gasteiger partial charge < -0.3 is 5.11 Å². The molecular formula is C15H20N4O2. The van der Waals surface area contributed by atoms with Gasteiger partial charge in [0.25, 0.3) is 0 Å². The highest BCUT2D eigenvalue weighted by molar-refractivity contribution is 5.67. The third kappa shape index (κ3) is 2.89. The van der Waals surface area contributed by atoms with Crippen LogP contribution in [0.2, 0.25) is 0 Å². The van der Waals surface area contributed by atoms with Crippen LogP contribution in [-0.4, -0.2) is 30.7 Å². The Morgan fingerprint density at radius 3 is 2.81 bits per heavy atom. The second-order valence-corrected chi connectivity index (χ2v) is 6.18. The Morgan fingerprint density at radius 2 is 2.10 bits per heavy atom. The summed E-state index contributed by atoms with van der Waals surface area (Å²) in [6.45, 7) is 1.92. The molecule has 6 heteroatoms. The average molecular weight is 288 g/mol. The molecule has 0 bridgehead atoms. The van der Waals surface area contributed by atoms with Crippen LogP contribution in [0.3, 0.4) is 0 Å². The van der Waals surface area contributed by atoms with Crippen molar-refractivity contribution in [2.45, 2.75) is 51.9 Å². The van der Waals surface area contributed by atoms with Crippen molar-refractivity contribution in [3.8, 4) is 0 Å². The fraction of sp³-hybridized carbons (Fsp3) is 0.600. The number of aromatic nitrogens is 4. The second-order valence-electron chi connectivity index (χ2n) is 6.18. The zero-order chi connectivity index (χ0) is 14.9. The monoisotopic (exact) mass is 288 g/mol. The number of carboxylic acid groups (broad SMARTS) is 1. The van der Waals surface area contributed by atoms with Crippen LogP contribution < -0.4 is 0 Å². The lowest BCUT2D eigenvalue weighted by Crippen LogP contribution is -2.30. The molecule has 1 saturated carbocycles. The maximum atomic E-state index is 11.3. The molecule has 1 N–H and O–H groups in total. The number of rotatable bonds is 4. The lowest BCUT2D eigenvalue weighted by molar-refractivity contribution is -0.140. The standard InChI is InChI=1S/C15H20N4O2/c1-11-7-12-17-18-13(19(12)10-16-11)8-15(9-14(20)21)5-3-2-4-6-15/h7,10H,2-6,8-9H2,1H3,(H,20,21). The predicted molar refractivity (Wildman–Crippen MR) is 77.0 cm³/mol. The van der Waals surface area contributed by atoms with E-state index in [1.54, 1.807) is 6.33 Å². The molecule has 0 atom stereocenters.